The summed E-state index contributed by atoms with van der Waals surface area (Å²) in [6, 6.07) is 6.73. The van der Waals surface area contributed by atoms with Crippen molar-refractivity contribution in [2.45, 2.75) is 31.5 Å². The highest BCUT2D eigenvalue weighted by molar-refractivity contribution is 6.42. The lowest BCUT2D eigenvalue weighted by Crippen LogP contribution is -2.34. The van der Waals surface area contributed by atoms with Gasteiger partial charge in [-0.15, -0.1) is 0 Å². The van der Waals surface area contributed by atoms with E-state index in [1.165, 1.54) is 18.5 Å². The number of ether oxygens (including phenoxy) is 3. The molecule has 0 unspecified atom stereocenters. The lowest BCUT2D eigenvalue weighted by atomic mass is 10.1. The summed E-state index contributed by atoms with van der Waals surface area (Å²) in [7, 11) is 0. The second-order valence-corrected chi connectivity index (χ2v) is 8.84. The van der Waals surface area contributed by atoms with Crippen molar-refractivity contribution in [3.05, 3.63) is 46.5 Å². The molecule has 1 atom stereocenters. The second-order valence-electron chi connectivity index (χ2n) is 8.06. The summed E-state index contributed by atoms with van der Waals surface area (Å²) >= 11 is 11.9. The van der Waals surface area contributed by atoms with Gasteiger partial charge in [-0.3, -0.25) is 0 Å². The summed E-state index contributed by atoms with van der Waals surface area (Å²) in [5.74, 6) is 0.988. The van der Waals surface area contributed by atoms with E-state index in [1.54, 1.807) is 0 Å². The number of hydrogen-bond acceptors (Lipinski definition) is 7. The molecule has 10 heteroatoms. The zero-order chi connectivity index (χ0) is 22.8. The van der Waals surface area contributed by atoms with Crippen LogP contribution in [0.15, 0.2) is 30.6 Å². The average Bonchev–Trinajstić information content (AvgIpc) is 3.34. The molecule has 3 aromatic rings. The first-order valence-corrected chi connectivity index (χ1v) is 11.6. The van der Waals surface area contributed by atoms with Gasteiger partial charge in [0.25, 0.3) is 0 Å². The molecule has 0 amide bonds. The average molecular weight is 493 g/mol. The number of nitrogens with zero attached hydrogens (tertiary/aromatic N) is 2. The van der Waals surface area contributed by atoms with Gasteiger partial charge in [0.15, 0.2) is 17.3 Å². The van der Waals surface area contributed by atoms with Gasteiger partial charge in [0.1, 0.15) is 24.4 Å². The maximum absolute atomic E-state index is 14.6. The molecule has 2 aliphatic rings. The Labute approximate surface area is 200 Å². The molecule has 2 aliphatic heterocycles. The number of rotatable bonds is 6. The number of anilines is 2. The monoisotopic (exact) mass is 492 g/mol. The molecule has 5 rings (SSSR count). The molecule has 2 saturated heterocycles. The topological polar surface area (TPSA) is 77.5 Å². The predicted octanol–water partition coefficient (Wildman–Crippen LogP) is 5.12. The van der Waals surface area contributed by atoms with Crippen molar-refractivity contribution in [3.63, 3.8) is 0 Å². The standard InChI is InChI=1S/C23H23Cl2FN4O3/c24-16-1-2-17(22(26)21(16)25)30-23-15-9-19(32-13-3-6-27-7-4-13)20(10-18(15)28-12-29-23)33-14-5-8-31-11-14/h1-2,9-10,12-14,27H,3-8,11H2,(H,28,29,30)/t14-/m1/s1. The third-order valence-electron chi connectivity index (χ3n) is 5.75. The minimum Gasteiger partial charge on any atom is -0.486 e. The molecule has 1 aromatic heterocycles. The molecule has 174 valence electrons. The SMILES string of the molecule is Fc1c(Nc2ncnc3cc(O[C@@H]4CCOC4)c(OC4CCNCC4)cc23)ccc(Cl)c1Cl. The van der Waals surface area contributed by atoms with Crippen LogP contribution in [0.25, 0.3) is 10.9 Å². The van der Waals surface area contributed by atoms with Crippen LogP contribution in [0.4, 0.5) is 15.9 Å². The van der Waals surface area contributed by atoms with E-state index in [9.17, 15) is 4.39 Å². The van der Waals surface area contributed by atoms with Crippen LogP contribution >= 0.6 is 23.2 Å². The van der Waals surface area contributed by atoms with Gasteiger partial charge < -0.3 is 24.8 Å². The normalized spacial score (nSPS) is 19.1. The van der Waals surface area contributed by atoms with Crippen molar-refractivity contribution in [2.75, 3.05) is 31.6 Å². The molecule has 0 spiro atoms. The summed E-state index contributed by atoms with van der Waals surface area (Å²) in [5, 5.41) is 7.01. The van der Waals surface area contributed by atoms with Crippen LogP contribution in [-0.4, -0.2) is 48.5 Å². The summed E-state index contributed by atoms with van der Waals surface area (Å²) in [4.78, 5) is 8.72. The number of fused-ring (bicyclic) bond motifs is 1. The molecule has 2 aromatic carbocycles. The van der Waals surface area contributed by atoms with Crippen molar-refractivity contribution in [1.82, 2.24) is 15.3 Å². The van der Waals surface area contributed by atoms with Crippen molar-refractivity contribution in [1.29, 1.82) is 0 Å². The Balaban J connectivity index is 1.52. The fourth-order valence-electron chi connectivity index (χ4n) is 3.98. The summed E-state index contributed by atoms with van der Waals surface area (Å²) in [6.45, 7) is 3.01. The van der Waals surface area contributed by atoms with Gasteiger partial charge in [-0.05, 0) is 44.1 Å². The van der Waals surface area contributed by atoms with E-state index in [1.807, 2.05) is 12.1 Å². The van der Waals surface area contributed by atoms with E-state index in [2.05, 4.69) is 20.6 Å². The first-order chi connectivity index (χ1) is 16.1. The van der Waals surface area contributed by atoms with E-state index >= 15 is 0 Å². The van der Waals surface area contributed by atoms with Crippen LogP contribution < -0.4 is 20.1 Å². The fraction of sp³-hybridized carbons (Fsp3) is 0.391. The van der Waals surface area contributed by atoms with Crippen molar-refractivity contribution in [3.8, 4) is 11.5 Å². The highest BCUT2D eigenvalue weighted by Gasteiger charge is 2.23. The van der Waals surface area contributed by atoms with Crippen molar-refractivity contribution in [2.24, 2.45) is 0 Å². The van der Waals surface area contributed by atoms with Gasteiger partial charge in [0.05, 0.1) is 34.5 Å². The molecule has 0 saturated carbocycles. The quantitative estimate of drug-likeness (QED) is 0.462. The van der Waals surface area contributed by atoms with E-state index in [0.29, 0.717) is 41.4 Å². The molecule has 0 bridgehead atoms. The smallest absolute Gasteiger partial charge is 0.166 e. The third-order valence-corrected chi connectivity index (χ3v) is 6.53. The van der Waals surface area contributed by atoms with E-state index in [0.717, 1.165) is 32.4 Å². The molecular weight excluding hydrogens is 470 g/mol. The molecular formula is C23H23Cl2FN4O3. The molecule has 3 heterocycles. The van der Waals surface area contributed by atoms with E-state index in [4.69, 9.17) is 37.4 Å². The zero-order valence-corrected chi connectivity index (χ0v) is 19.3. The Hall–Kier alpha value is -2.39. The highest BCUT2D eigenvalue weighted by Crippen LogP contribution is 2.38. The molecule has 2 N–H and O–H groups in total. The molecule has 0 radical (unpaired) electrons. The van der Waals surface area contributed by atoms with Crippen LogP contribution in [0, 0.1) is 5.82 Å². The molecule has 7 nitrogen and oxygen atoms in total. The van der Waals surface area contributed by atoms with Gasteiger partial charge in [0, 0.05) is 17.9 Å². The van der Waals surface area contributed by atoms with Gasteiger partial charge in [-0.25, -0.2) is 14.4 Å². The van der Waals surface area contributed by atoms with Gasteiger partial charge >= 0.3 is 0 Å². The molecule has 2 fully saturated rings. The Morgan fingerprint density at radius 3 is 2.61 bits per heavy atom. The van der Waals surface area contributed by atoms with Gasteiger partial charge in [-0.1, -0.05) is 23.2 Å². The number of piperidine rings is 1. The summed E-state index contributed by atoms with van der Waals surface area (Å²) in [6.07, 6.45) is 4.06. The van der Waals surface area contributed by atoms with Crippen LogP contribution in [0.5, 0.6) is 11.5 Å². The van der Waals surface area contributed by atoms with Gasteiger partial charge in [0.2, 0.25) is 0 Å². The molecule has 0 aliphatic carbocycles. The Morgan fingerprint density at radius 1 is 1.03 bits per heavy atom. The number of hydrogen-bond donors (Lipinski definition) is 2. The lowest BCUT2D eigenvalue weighted by molar-refractivity contribution is 0.125. The van der Waals surface area contributed by atoms with Crippen LogP contribution in [0.2, 0.25) is 10.0 Å². The van der Waals surface area contributed by atoms with Crippen LogP contribution in [0.3, 0.4) is 0 Å². The van der Waals surface area contributed by atoms with Crippen molar-refractivity contribution >= 4 is 45.6 Å². The predicted molar refractivity (Wildman–Crippen MR) is 126 cm³/mol. The number of nitrogens with one attached hydrogen (secondary N) is 2. The minimum absolute atomic E-state index is 0.0393. The second kappa shape index (κ2) is 9.85. The van der Waals surface area contributed by atoms with E-state index in [-0.39, 0.29) is 27.9 Å². The number of halogens is 3. The first kappa shape index (κ1) is 22.4. The lowest BCUT2D eigenvalue weighted by Gasteiger charge is -2.26. The van der Waals surface area contributed by atoms with Crippen LogP contribution in [0.1, 0.15) is 19.3 Å². The zero-order valence-electron chi connectivity index (χ0n) is 17.7. The largest absolute Gasteiger partial charge is 0.486 e. The summed E-state index contributed by atoms with van der Waals surface area (Å²) in [5.41, 5.74) is 0.799. The minimum atomic E-state index is -0.650. The Bertz CT molecular complexity index is 1150. The maximum Gasteiger partial charge on any atom is 0.166 e. The number of aromatic nitrogens is 2. The maximum atomic E-state index is 14.6. The number of benzene rings is 2. The molecule has 33 heavy (non-hydrogen) atoms. The van der Waals surface area contributed by atoms with Gasteiger partial charge in [-0.2, -0.15) is 0 Å². The third kappa shape index (κ3) is 4.94. The highest BCUT2D eigenvalue weighted by atomic mass is 35.5. The Kier molecular flexibility index (Phi) is 6.69. The van der Waals surface area contributed by atoms with E-state index < -0.39 is 5.82 Å². The Morgan fingerprint density at radius 2 is 1.82 bits per heavy atom. The summed E-state index contributed by atoms with van der Waals surface area (Å²) < 4.78 is 32.7. The van der Waals surface area contributed by atoms with Crippen LogP contribution in [-0.2, 0) is 4.74 Å². The first-order valence-electron chi connectivity index (χ1n) is 10.9. The fourth-order valence-corrected chi connectivity index (χ4v) is 4.29. The van der Waals surface area contributed by atoms with Crippen molar-refractivity contribution < 1.29 is 18.6 Å².